The molecule has 0 aromatic heterocycles. The molecule has 4 rings (SSSR count). The molecule has 44 heavy (non-hydrogen) atoms. The number of amides is 1. The summed E-state index contributed by atoms with van der Waals surface area (Å²) in [4.78, 5) is 53.8. The van der Waals surface area contributed by atoms with E-state index in [4.69, 9.17) is 9.59 Å². The van der Waals surface area contributed by atoms with E-state index in [1.54, 1.807) is 18.2 Å². The van der Waals surface area contributed by atoms with E-state index in [1.807, 2.05) is 56.3 Å². The van der Waals surface area contributed by atoms with Gasteiger partial charge in [-0.25, -0.2) is 4.79 Å². The van der Waals surface area contributed by atoms with Crippen molar-refractivity contribution < 1.29 is 29.1 Å². The van der Waals surface area contributed by atoms with Crippen LogP contribution in [0.2, 0.25) is 0 Å². The van der Waals surface area contributed by atoms with Crippen LogP contribution >= 0.6 is 0 Å². The van der Waals surface area contributed by atoms with Gasteiger partial charge in [0.25, 0.3) is 5.91 Å². The van der Waals surface area contributed by atoms with E-state index in [9.17, 15) is 19.5 Å². The van der Waals surface area contributed by atoms with Crippen LogP contribution in [0, 0.1) is 11.8 Å². The van der Waals surface area contributed by atoms with Gasteiger partial charge in [-0.1, -0.05) is 88.4 Å². The summed E-state index contributed by atoms with van der Waals surface area (Å²) in [6, 6.07) is 28.5. The molecular formula is C37H37NO6. The molecule has 0 spiro atoms. The van der Waals surface area contributed by atoms with Crippen LogP contribution in [-0.4, -0.2) is 28.9 Å². The van der Waals surface area contributed by atoms with Crippen molar-refractivity contribution in [3.8, 4) is 0 Å². The monoisotopic (exact) mass is 591 g/mol. The van der Waals surface area contributed by atoms with Crippen molar-refractivity contribution in [3.63, 3.8) is 0 Å². The molecule has 7 heteroatoms. The molecule has 0 aliphatic rings. The van der Waals surface area contributed by atoms with Gasteiger partial charge in [0.2, 0.25) is 0 Å². The third kappa shape index (κ3) is 9.72. The summed E-state index contributed by atoms with van der Waals surface area (Å²) < 4.78 is 0. The van der Waals surface area contributed by atoms with E-state index < -0.39 is 11.9 Å². The highest BCUT2D eigenvalue weighted by atomic mass is 16.4. The van der Waals surface area contributed by atoms with Crippen LogP contribution in [0.3, 0.4) is 0 Å². The fourth-order valence-electron chi connectivity index (χ4n) is 4.88. The highest BCUT2D eigenvalue weighted by Gasteiger charge is 2.18. The van der Waals surface area contributed by atoms with Gasteiger partial charge in [-0.2, -0.15) is 9.59 Å². The fraction of sp³-hybridized carbons (Fsp3) is 0.243. The van der Waals surface area contributed by atoms with Gasteiger partial charge in [0.15, 0.2) is 5.78 Å². The van der Waals surface area contributed by atoms with E-state index >= 15 is 0 Å². The molecule has 0 unspecified atom stereocenters. The minimum absolute atomic E-state index is 0.0625. The SMILES string of the molecule is CC(C)Cc1ccc(Cc2ccc(NC(=O)c3cc(Cc4cccc(C(=O)C(C)C)c4)ccc3C(=O)O)cc2)cc1.O=C=O. The largest absolute Gasteiger partial charge is 0.478 e. The third-order valence-electron chi connectivity index (χ3n) is 6.99. The summed E-state index contributed by atoms with van der Waals surface area (Å²) in [5.41, 5.74) is 6.63. The first-order chi connectivity index (χ1) is 21.0. The van der Waals surface area contributed by atoms with Gasteiger partial charge in [-0.15, -0.1) is 0 Å². The zero-order valence-corrected chi connectivity index (χ0v) is 25.4. The van der Waals surface area contributed by atoms with Crippen LogP contribution in [0.25, 0.3) is 0 Å². The van der Waals surface area contributed by atoms with Crippen LogP contribution in [0.1, 0.15) is 86.6 Å². The number of hydrogen-bond donors (Lipinski definition) is 2. The average molecular weight is 592 g/mol. The Morgan fingerprint density at radius 1 is 0.682 bits per heavy atom. The molecule has 0 bridgehead atoms. The molecule has 0 saturated heterocycles. The zero-order valence-electron chi connectivity index (χ0n) is 25.4. The van der Waals surface area contributed by atoms with Gasteiger partial charge in [-0.3, -0.25) is 9.59 Å². The summed E-state index contributed by atoms with van der Waals surface area (Å²) in [7, 11) is 0. The standard InChI is InChI=1S/C36H37NO4.CO2/c1-23(2)18-25-8-10-26(11-9-25)19-27-12-15-31(16-13-27)37-35(39)33-22-29(14-17-32(33)36(40)41)20-28-6-5-7-30(21-28)34(38)24(3)4;2-1-3/h5-17,21-24H,18-20H2,1-4H3,(H,37,39)(H,40,41);. The van der Waals surface area contributed by atoms with Crippen molar-refractivity contribution in [1.82, 2.24) is 0 Å². The Kier molecular flexibility index (Phi) is 12.1. The number of aromatic carboxylic acids is 1. The number of carbonyl (C=O) groups excluding carboxylic acids is 4. The number of ketones is 1. The Morgan fingerprint density at radius 2 is 1.20 bits per heavy atom. The molecule has 4 aromatic carbocycles. The molecule has 4 aromatic rings. The fourth-order valence-corrected chi connectivity index (χ4v) is 4.88. The van der Waals surface area contributed by atoms with Crippen molar-refractivity contribution in [2.45, 2.75) is 47.0 Å². The molecule has 0 heterocycles. The van der Waals surface area contributed by atoms with Crippen LogP contribution in [0.5, 0.6) is 0 Å². The molecule has 7 nitrogen and oxygen atoms in total. The number of Topliss-reactive ketones (excluding diaryl/α,β-unsaturated/α-hetero) is 1. The van der Waals surface area contributed by atoms with E-state index in [1.165, 1.54) is 17.2 Å². The maximum absolute atomic E-state index is 13.2. The number of nitrogens with one attached hydrogen (secondary N) is 1. The summed E-state index contributed by atoms with van der Waals surface area (Å²) >= 11 is 0. The smallest absolute Gasteiger partial charge is 0.373 e. The normalized spacial score (nSPS) is 10.5. The number of rotatable bonds is 11. The number of carboxylic acid groups (broad SMARTS) is 1. The quantitative estimate of drug-likeness (QED) is 0.177. The Morgan fingerprint density at radius 3 is 1.77 bits per heavy atom. The van der Waals surface area contributed by atoms with Gasteiger partial charge in [0.05, 0.1) is 11.1 Å². The number of hydrogen-bond acceptors (Lipinski definition) is 5. The Labute approximate surface area is 258 Å². The number of anilines is 1. The van der Waals surface area contributed by atoms with Crippen molar-refractivity contribution >= 4 is 29.5 Å². The Balaban J connectivity index is 0.00000169. The Bertz CT molecular complexity index is 1630. The van der Waals surface area contributed by atoms with Crippen LogP contribution in [0.4, 0.5) is 5.69 Å². The number of benzene rings is 4. The molecule has 0 atom stereocenters. The lowest BCUT2D eigenvalue weighted by Crippen LogP contribution is -2.17. The van der Waals surface area contributed by atoms with Crippen molar-refractivity contribution in [2.24, 2.45) is 11.8 Å². The molecule has 1 amide bonds. The van der Waals surface area contributed by atoms with Gasteiger partial charge >= 0.3 is 12.1 Å². The van der Waals surface area contributed by atoms with E-state index in [0.717, 1.165) is 29.5 Å². The second kappa shape index (κ2) is 15.9. The zero-order chi connectivity index (χ0) is 32.2. The van der Waals surface area contributed by atoms with E-state index in [2.05, 4.69) is 43.4 Å². The minimum atomic E-state index is -1.17. The van der Waals surface area contributed by atoms with Crippen LogP contribution < -0.4 is 5.32 Å². The van der Waals surface area contributed by atoms with E-state index in [-0.39, 0.29) is 29.0 Å². The maximum atomic E-state index is 13.2. The predicted molar refractivity (Wildman–Crippen MR) is 169 cm³/mol. The van der Waals surface area contributed by atoms with E-state index in [0.29, 0.717) is 23.6 Å². The van der Waals surface area contributed by atoms with Gasteiger partial charge in [0, 0.05) is 17.2 Å². The third-order valence-corrected chi connectivity index (χ3v) is 6.99. The van der Waals surface area contributed by atoms with Gasteiger partial charge in [-0.05, 0) is 83.3 Å². The van der Waals surface area contributed by atoms with Gasteiger partial charge < -0.3 is 10.4 Å². The maximum Gasteiger partial charge on any atom is 0.373 e. The lowest BCUT2D eigenvalue weighted by molar-refractivity contribution is -0.191. The van der Waals surface area contributed by atoms with Crippen molar-refractivity contribution in [1.29, 1.82) is 0 Å². The molecule has 0 aliphatic carbocycles. The Hall–Kier alpha value is -5.13. The number of carbonyl (C=O) groups is 3. The summed E-state index contributed by atoms with van der Waals surface area (Å²) in [6.07, 6.45) is 2.56. The second-order valence-electron chi connectivity index (χ2n) is 11.4. The molecule has 0 saturated carbocycles. The molecule has 2 N–H and O–H groups in total. The topological polar surface area (TPSA) is 118 Å². The highest BCUT2D eigenvalue weighted by Crippen LogP contribution is 2.21. The molecule has 0 aliphatic heterocycles. The van der Waals surface area contributed by atoms with Gasteiger partial charge in [0.1, 0.15) is 0 Å². The summed E-state index contributed by atoms with van der Waals surface area (Å²) in [6.45, 7) is 8.16. The lowest BCUT2D eigenvalue weighted by atomic mass is 9.95. The number of carboxylic acids is 1. The average Bonchev–Trinajstić information content (AvgIpc) is 2.99. The molecule has 0 radical (unpaired) electrons. The summed E-state index contributed by atoms with van der Waals surface area (Å²) in [5, 5.41) is 12.6. The molecular weight excluding hydrogens is 554 g/mol. The van der Waals surface area contributed by atoms with Crippen molar-refractivity contribution in [3.05, 3.63) is 136 Å². The highest BCUT2D eigenvalue weighted by molar-refractivity contribution is 6.10. The minimum Gasteiger partial charge on any atom is -0.478 e. The predicted octanol–water partition coefficient (Wildman–Crippen LogP) is 7.27. The first-order valence-electron chi connectivity index (χ1n) is 14.5. The van der Waals surface area contributed by atoms with Crippen LogP contribution in [0.15, 0.2) is 91.0 Å². The molecule has 226 valence electrons. The molecule has 0 fully saturated rings. The van der Waals surface area contributed by atoms with Crippen molar-refractivity contribution in [2.75, 3.05) is 5.32 Å². The van der Waals surface area contributed by atoms with Crippen LogP contribution in [-0.2, 0) is 28.9 Å². The first kappa shape index (κ1) is 33.4. The second-order valence-corrected chi connectivity index (χ2v) is 11.4. The summed E-state index contributed by atoms with van der Waals surface area (Å²) in [5.74, 6) is -1.07. The lowest BCUT2D eigenvalue weighted by Gasteiger charge is -2.12. The first-order valence-corrected chi connectivity index (χ1v) is 14.5.